The number of amides is 1. The number of aromatic amines is 1. The van der Waals surface area contributed by atoms with Gasteiger partial charge in [-0.25, -0.2) is 10.5 Å². The highest BCUT2D eigenvalue weighted by Gasteiger charge is 2.12. The predicted octanol–water partition coefficient (Wildman–Crippen LogP) is 1.60. The monoisotopic (exact) mass is 295 g/mol. The van der Waals surface area contributed by atoms with Gasteiger partial charge in [-0.3, -0.25) is 14.4 Å². The van der Waals surface area contributed by atoms with Gasteiger partial charge < -0.3 is 4.98 Å². The molecule has 20 heavy (non-hydrogen) atoms. The lowest BCUT2D eigenvalue weighted by atomic mass is 10.2. The second-order valence-corrected chi connectivity index (χ2v) is 5.64. The summed E-state index contributed by atoms with van der Waals surface area (Å²) in [5.74, 6) is 0.295. The summed E-state index contributed by atoms with van der Waals surface area (Å²) in [7, 11) is 0. The molecule has 0 radical (unpaired) electrons. The number of carbonyl (C=O) groups excluding carboxylic acids is 1. The molecule has 7 heteroatoms. The molecule has 0 saturated carbocycles. The largest absolute Gasteiger partial charge is 0.310 e. The van der Waals surface area contributed by atoms with Gasteiger partial charge in [-0.1, -0.05) is 0 Å². The maximum absolute atomic E-state index is 12.0. The van der Waals surface area contributed by atoms with E-state index < -0.39 is 0 Å². The molecular formula is C13H17N3O3S. The summed E-state index contributed by atoms with van der Waals surface area (Å²) in [4.78, 5) is 37.2. The number of thiophene rings is 1. The van der Waals surface area contributed by atoms with Crippen molar-refractivity contribution in [3.8, 4) is 0 Å². The molecule has 2 heterocycles. The van der Waals surface area contributed by atoms with Crippen molar-refractivity contribution in [2.75, 3.05) is 6.61 Å². The Morgan fingerprint density at radius 2 is 2.20 bits per heavy atom. The maximum atomic E-state index is 12.0. The molecule has 0 aliphatic rings. The smallest absolute Gasteiger partial charge is 0.259 e. The molecule has 2 aromatic rings. The van der Waals surface area contributed by atoms with Crippen LogP contribution in [0.25, 0.3) is 10.2 Å². The van der Waals surface area contributed by atoms with Crippen LogP contribution in [-0.2, 0) is 16.1 Å². The minimum Gasteiger partial charge on any atom is -0.310 e. The normalized spacial score (nSPS) is 10.9. The first-order chi connectivity index (χ1) is 9.52. The van der Waals surface area contributed by atoms with E-state index in [0.29, 0.717) is 24.2 Å². The minimum absolute atomic E-state index is 0.142. The molecule has 0 aliphatic heterocycles. The number of hydroxylamine groups is 1. The van der Waals surface area contributed by atoms with E-state index in [1.54, 1.807) is 6.92 Å². The average molecular weight is 295 g/mol. The van der Waals surface area contributed by atoms with Gasteiger partial charge >= 0.3 is 0 Å². The van der Waals surface area contributed by atoms with Crippen LogP contribution in [0.1, 0.15) is 29.6 Å². The summed E-state index contributed by atoms with van der Waals surface area (Å²) < 4.78 is 0. The summed E-state index contributed by atoms with van der Waals surface area (Å²) in [6.45, 7) is 6.09. The first kappa shape index (κ1) is 14.7. The molecule has 0 saturated heterocycles. The second-order valence-electron chi connectivity index (χ2n) is 4.43. The Balaban J connectivity index is 2.16. The van der Waals surface area contributed by atoms with Crippen LogP contribution in [0.15, 0.2) is 4.79 Å². The van der Waals surface area contributed by atoms with Gasteiger partial charge in [-0.05, 0) is 26.3 Å². The number of carbonyl (C=O) groups is 1. The highest BCUT2D eigenvalue weighted by molar-refractivity contribution is 7.18. The van der Waals surface area contributed by atoms with Crippen molar-refractivity contribution in [1.29, 1.82) is 0 Å². The number of H-pyrrole nitrogens is 1. The number of nitrogens with one attached hydrogen (secondary N) is 2. The highest BCUT2D eigenvalue weighted by Crippen LogP contribution is 2.25. The van der Waals surface area contributed by atoms with Crippen molar-refractivity contribution in [2.24, 2.45) is 0 Å². The first-order valence-corrected chi connectivity index (χ1v) is 7.24. The van der Waals surface area contributed by atoms with E-state index in [2.05, 4.69) is 15.4 Å². The quantitative estimate of drug-likeness (QED) is 0.821. The van der Waals surface area contributed by atoms with Crippen LogP contribution in [0.3, 0.4) is 0 Å². The zero-order chi connectivity index (χ0) is 14.7. The molecule has 0 aliphatic carbocycles. The third kappa shape index (κ3) is 3.05. The number of aryl methyl sites for hydroxylation is 3. The van der Waals surface area contributed by atoms with E-state index in [9.17, 15) is 9.59 Å². The predicted molar refractivity (Wildman–Crippen MR) is 77.8 cm³/mol. The fourth-order valence-corrected chi connectivity index (χ4v) is 2.90. The first-order valence-electron chi connectivity index (χ1n) is 6.42. The molecule has 2 rings (SSSR count). The van der Waals surface area contributed by atoms with Gasteiger partial charge in [-0.2, -0.15) is 0 Å². The zero-order valence-corrected chi connectivity index (χ0v) is 12.5. The SMILES string of the molecule is CCONC(=O)CCc1nc2sc(C)c(C)c2c(=O)[nH]1. The second kappa shape index (κ2) is 6.15. The lowest BCUT2D eigenvalue weighted by molar-refractivity contribution is -0.133. The molecule has 0 spiro atoms. The minimum atomic E-state index is -0.229. The lowest BCUT2D eigenvalue weighted by Crippen LogP contribution is -2.24. The van der Waals surface area contributed by atoms with Crippen LogP contribution in [0.2, 0.25) is 0 Å². The summed E-state index contributed by atoms with van der Waals surface area (Å²) in [6.07, 6.45) is 0.595. The number of hydrogen-bond acceptors (Lipinski definition) is 5. The van der Waals surface area contributed by atoms with Crippen molar-refractivity contribution in [1.82, 2.24) is 15.4 Å². The molecule has 2 aromatic heterocycles. The van der Waals surface area contributed by atoms with Crippen LogP contribution in [0.4, 0.5) is 0 Å². The van der Waals surface area contributed by atoms with Crippen LogP contribution >= 0.6 is 11.3 Å². The van der Waals surface area contributed by atoms with Crippen LogP contribution in [-0.4, -0.2) is 22.5 Å². The molecule has 0 aromatic carbocycles. The van der Waals surface area contributed by atoms with Gasteiger partial charge in [0.25, 0.3) is 5.56 Å². The molecule has 2 N–H and O–H groups in total. The van der Waals surface area contributed by atoms with E-state index in [4.69, 9.17) is 4.84 Å². The zero-order valence-electron chi connectivity index (χ0n) is 11.7. The molecule has 0 atom stereocenters. The number of rotatable bonds is 5. The van der Waals surface area contributed by atoms with Gasteiger partial charge in [0, 0.05) is 17.7 Å². The van der Waals surface area contributed by atoms with E-state index in [0.717, 1.165) is 15.3 Å². The van der Waals surface area contributed by atoms with Gasteiger partial charge in [0.05, 0.1) is 12.0 Å². The van der Waals surface area contributed by atoms with Gasteiger partial charge in [-0.15, -0.1) is 11.3 Å². The lowest BCUT2D eigenvalue weighted by Gasteiger charge is -2.03. The van der Waals surface area contributed by atoms with E-state index in [1.807, 2.05) is 13.8 Å². The highest BCUT2D eigenvalue weighted by atomic mass is 32.1. The third-order valence-electron chi connectivity index (χ3n) is 3.01. The standard InChI is InChI=1S/C13H17N3O3S/c1-4-19-16-10(17)6-5-9-14-12(18)11-7(2)8(3)20-13(11)15-9/h4-6H2,1-3H3,(H,16,17)(H,14,15,18). The molecule has 1 amide bonds. The fraction of sp³-hybridized carbons (Fsp3) is 0.462. The van der Waals surface area contributed by atoms with E-state index in [-0.39, 0.29) is 17.9 Å². The Bertz CT molecular complexity index is 690. The molecule has 6 nitrogen and oxygen atoms in total. The summed E-state index contributed by atoms with van der Waals surface area (Å²) in [6, 6.07) is 0. The Hall–Kier alpha value is -1.73. The van der Waals surface area contributed by atoms with Crippen LogP contribution in [0.5, 0.6) is 0 Å². The summed E-state index contributed by atoms with van der Waals surface area (Å²) in [5.41, 5.74) is 3.14. The Morgan fingerprint density at radius 1 is 1.45 bits per heavy atom. The average Bonchev–Trinajstić information content (AvgIpc) is 2.69. The number of aromatic nitrogens is 2. The molecule has 108 valence electrons. The van der Waals surface area contributed by atoms with E-state index in [1.165, 1.54) is 11.3 Å². The van der Waals surface area contributed by atoms with E-state index >= 15 is 0 Å². The van der Waals surface area contributed by atoms with Gasteiger partial charge in [0.15, 0.2) is 0 Å². The fourth-order valence-electron chi connectivity index (χ4n) is 1.85. The molecule has 0 bridgehead atoms. The summed E-state index contributed by atoms with van der Waals surface area (Å²) >= 11 is 1.50. The van der Waals surface area contributed by atoms with Crippen molar-refractivity contribution in [2.45, 2.75) is 33.6 Å². The van der Waals surface area contributed by atoms with Crippen LogP contribution in [0, 0.1) is 13.8 Å². The van der Waals surface area contributed by atoms with Crippen molar-refractivity contribution < 1.29 is 9.63 Å². The Kier molecular flexibility index (Phi) is 4.51. The topological polar surface area (TPSA) is 84.1 Å². The number of nitrogens with zero attached hydrogens (tertiary/aromatic N) is 1. The van der Waals surface area contributed by atoms with Crippen molar-refractivity contribution in [3.05, 3.63) is 26.6 Å². The van der Waals surface area contributed by atoms with Crippen LogP contribution < -0.4 is 11.0 Å². The van der Waals surface area contributed by atoms with Crippen molar-refractivity contribution in [3.63, 3.8) is 0 Å². The maximum Gasteiger partial charge on any atom is 0.259 e. The molecule has 0 fully saturated rings. The Morgan fingerprint density at radius 3 is 2.90 bits per heavy atom. The Labute approximate surface area is 120 Å². The van der Waals surface area contributed by atoms with Crippen molar-refractivity contribution >= 4 is 27.5 Å². The van der Waals surface area contributed by atoms with Gasteiger partial charge in [0.1, 0.15) is 10.7 Å². The molecular weight excluding hydrogens is 278 g/mol. The number of fused-ring (bicyclic) bond motifs is 1. The van der Waals surface area contributed by atoms with Gasteiger partial charge in [0.2, 0.25) is 5.91 Å². The third-order valence-corrected chi connectivity index (χ3v) is 4.11. The summed E-state index contributed by atoms with van der Waals surface area (Å²) in [5, 5.41) is 0.648. The number of hydrogen-bond donors (Lipinski definition) is 2. The molecule has 0 unspecified atom stereocenters.